The van der Waals surface area contributed by atoms with Crippen molar-refractivity contribution < 1.29 is 0 Å². The van der Waals surface area contributed by atoms with E-state index in [0.717, 1.165) is 11.4 Å². The van der Waals surface area contributed by atoms with Crippen molar-refractivity contribution in [2.45, 2.75) is 10.8 Å². The molecule has 0 aromatic heterocycles. The maximum Gasteiger partial charge on any atom is 0.0726 e. The van der Waals surface area contributed by atoms with E-state index < -0.39 is 10.8 Å². The Morgan fingerprint density at radius 3 is 1.11 bits per heavy atom. The molecule has 2 spiro atoms. The molecule has 292 valence electrons. The summed E-state index contributed by atoms with van der Waals surface area (Å²) in [6.45, 7) is 0. The van der Waals surface area contributed by atoms with Crippen LogP contribution < -0.4 is 4.90 Å². The number of fused-ring (bicyclic) bond motifs is 20. The van der Waals surface area contributed by atoms with Crippen LogP contribution in [0.1, 0.15) is 44.5 Å². The molecule has 0 unspecified atom stereocenters. The molecule has 0 N–H and O–H groups in total. The van der Waals surface area contributed by atoms with Gasteiger partial charge in [-0.15, -0.1) is 0 Å². The topological polar surface area (TPSA) is 3.24 Å². The fraction of sp³-hybridized carbons (Fsp3) is 0.0323. The molecule has 10 aromatic rings. The van der Waals surface area contributed by atoms with Crippen molar-refractivity contribution in [2.24, 2.45) is 0 Å². The monoisotopic (exact) mass is 797 g/mol. The summed E-state index contributed by atoms with van der Waals surface area (Å²) in [5, 5.41) is 0. The second-order valence-corrected chi connectivity index (χ2v) is 17.5. The minimum atomic E-state index is -0.454. The summed E-state index contributed by atoms with van der Waals surface area (Å²) in [5.41, 5.74) is 26.1. The van der Waals surface area contributed by atoms with Crippen molar-refractivity contribution >= 4 is 17.1 Å². The van der Waals surface area contributed by atoms with Gasteiger partial charge in [0.25, 0.3) is 0 Å². The summed E-state index contributed by atoms with van der Waals surface area (Å²) in [7, 11) is 0. The second kappa shape index (κ2) is 12.8. The zero-order chi connectivity index (χ0) is 41.3. The molecule has 0 bridgehead atoms. The van der Waals surface area contributed by atoms with E-state index >= 15 is 0 Å². The lowest BCUT2D eigenvalue weighted by atomic mass is 9.70. The molecule has 0 saturated heterocycles. The van der Waals surface area contributed by atoms with E-state index in [1.54, 1.807) is 0 Å². The average Bonchev–Trinajstić information content (AvgIpc) is 4.04. The Balaban J connectivity index is 1.06. The van der Waals surface area contributed by atoms with Crippen LogP contribution in [0.4, 0.5) is 17.1 Å². The summed E-state index contributed by atoms with van der Waals surface area (Å²) in [6, 6.07) is 88.9. The smallest absolute Gasteiger partial charge is 0.0726 e. The molecule has 63 heavy (non-hydrogen) atoms. The van der Waals surface area contributed by atoms with Gasteiger partial charge >= 0.3 is 0 Å². The van der Waals surface area contributed by atoms with E-state index in [1.807, 2.05) is 0 Å². The predicted molar refractivity (Wildman–Crippen MR) is 259 cm³/mol. The van der Waals surface area contributed by atoms with Crippen molar-refractivity contribution in [3.8, 4) is 55.6 Å². The lowest BCUT2D eigenvalue weighted by Crippen LogP contribution is -2.26. The van der Waals surface area contributed by atoms with E-state index in [0.29, 0.717) is 0 Å². The van der Waals surface area contributed by atoms with Crippen molar-refractivity contribution in [2.75, 3.05) is 4.90 Å². The zero-order valence-electron chi connectivity index (χ0n) is 34.5. The van der Waals surface area contributed by atoms with Gasteiger partial charge in [0, 0.05) is 16.9 Å². The molecule has 0 saturated carbocycles. The van der Waals surface area contributed by atoms with Crippen molar-refractivity contribution in [3.63, 3.8) is 0 Å². The molecular formula is C62H39N. The molecule has 10 aromatic carbocycles. The van der Waals surface area contributed by atoms with E-state index in [4.69, 9.17) is 0 Å². The first-order chi connectivity index (χ1) is 31.3. The standard InChI is InChI=1S/C62H39N/c1-2-17-40(18-3-1)41-33-35-42(36-34-41)63(43-37-38-49-48-23-8-14-29-55(48)62(58(49)39-43)53-27-12-6-21-46(53)47-22-7-13-28-54(47)62)59-32-16-31-57-60(59)50-24-9-15-30-56(50)61(57)51-25-10-4-19-44(51)45-20-5-11-26-52(45)61/h1-39H. The highest BCUT2D eigenvalue weighted by Crippen LogP contribution is 2.66. The highest BCUT2D eigenvalue weighted by Gasteiger charge is 2.54. The van der Waals surface area contributed by atoms with Crippen LogP contribution >= 0.6 is 0 Å². The van der Waals surface area contributed by atoms with Gasteiger partial charge in [-0.2, -0.15) is 0 Å². The Bertz CT molecular complexity index is 3410. The maximum absolute atomic E-state index is 2.54. The number of anilines is 3. The minimum absolute atomic E-state index is 0.446. The van der Waals surface area contributed by atoms with E-state index in [2.05, 4.69) is 241 Å². The summed E-state index contributed by atoms with van der Waals surface area (Å²) >= 11 is 0. The van der Waals surface area contributed by atoms with Crippen LogP contribution in [0.15, 0.2) is 237 Å². The predicted octanol–water partition coefficient (Wildman–Crippen LogP) is 15.5. The highest BCUT2D eigenvalue weighted by molar-refractivity contribution is 6.02. The Labute approximate surface area is 367 Å². The molecule has 1 heteroatoms. The van der Waals surface area contributed by atoms with Crippen LogP contribution in [0.25, 0.3) is 55.6 Å². The highest BCUT2D eigenvalue weighted by atomic mass is 15.1. The molecule has 1 nitrogen and oxygen atoms in total. The fourth-order valence-electron chi connectivity index (χ4n) is 12.4. The normalized spacial score (nSPS) is 14.3. The summed E-state index contributed by atoms with van der Waals surface area (Å²) in [6.07, 6.45) is 0. The molecule has 0 aliphatic heterocycles. The molecule has 4 aliphatic carbocycles. The third-order valence-corrected chi connectivity index (χ3v) is 14.7. The molecule has 0 radical (unpaired) electrons. The first-order valence-corrected chi connectivity index (χ1v) is 22.1. The van der Waals surface area contributed by atoms with E-state index in [-0.39, 0.29) is 0 Å². The van der Waals surface area contributed by atoms with Gasteiger partial charge in [0.1, 0.15) is 0 Å². The Kier molecular flexibility index (Phi) is 7.03. The maximum atomic E-state index is 2.54. The van der Waals surface area contributed by atoms with Crippen molar-refractivity contribution in [1.29, 1.82) is 0 Å². The molecule has 0 heterocycles. The van der Waals surface area contributed by atoms with Gasteiger partial charge in [0.15, 0.2) is 0 Å². The Hall–Kier alpha value is -8.00. The second-order valence-electron chi connectivity index (χ2n) is 17.5. The fourth-order valence-corrected chi connectivity index (χ4v) is 12.4. The Morgan fingerprint density at radius 1 is 0.238 bits per heavy atom. The van der Waals surface area contributed by atoms with Gasteiger partial charge in [-0.25, -0.2) is 0 Å². The van der Waals surface area contributed by atoms with Gasteiger partial charge in [-0.05, 0) is 125 Å². The van der Waals surface area contributed by atoms with Gasteiger partial charge in [0.2, 0.25) is 0 Å². The lowest BCUT2D eigenvalue weighted by Gasteiger charge is -2.33. The third-order valence-electron chi connectivity index (χ3n) is 14.7. The first-order valence-electron chi connectivity index (χ1n) is 22.1. The van der Waals surface area contributed by atoms with Gasteiger partial charge < -0.3 is 4.90 Å². The zero-order valence-corrected chi connectivity index (χ0v) is 34.5. The van der Waals surface area contributed by atoms with Crippen molar-refractivity contribution in [3.05, 3.63) is 281 Å². The van der Waals surface area contributed by atoms with Gasteiger partial charge in [-0.3, -0.25) is 0 Å². The lowest BCUT2D eigenvalue weighted by molar-refractivity contribution is 0.793. The third kappa shape index (κ3) is 4.36. The quantitative estimate of drug-likeness (QED) is 0.171. The van der Waals surface area contributed by atoms with Gasteiger partial charge in [-0.1, -0.05) is 206 Å². The average molecular weight is 798 g/mol. The van der Waals surface area contributed by atoms with Gasteiger partial charge in [0.05, 0.1) is 16.5 Å². The first kappa shape index (κ1) is 34.7. The van der Waals surface area contributed by atoms with Crippen LogP contribution in [-0.2, 0) is 10.8 Å². The molecule has 4 aliphatic rings. The molecule has 14 rings (SSSR count). The molecule has 0 fully saturated rings. The van der Waals surface area contributed by atoms with E-state index in [9.17, 15) is 0 Å². The molecule has 0 atom stereocenters. The largest absolute Gasteiger partial charge is 0.310 e. The van der Waals surface area contributed by atoms with Crippen LogP contribution in [0.2, 0.25) is 0 Å². The summed E-state index contributed by atoms with van der Waals surface area (Å²) < 4.78 is 0. The number of rotatable bonds is 4. The van der Waals surface area contributed by atoms with E-state index in [1.165, 1.54) is 106 Å². The van der Waals surface area contributed by atoms with Crippen LogP contribution in [-0.4, -0.2) is 0 Å². The van der Waals surface area contributed by atoms with Crippen LogP contribution in [0, 0.1) is 0 Å². The van der Waals surface area contributed by atoms with Crippen molar-refractivity contribution in [1.82, 2.24) is 0 Å². The van der Waals surface area contributed by atoms with Crippen LogP contribution in [0.3, 0.4) is 0 Å². The molecule has 0 amide bonds. The number of nitrogens with zero attached hydrogens (tertiary/aromatic N) is 1. The Morgan fingerprint density at radius 2 is 0.603 bits per heavy atom. The number of hydrogen-bond acceptors (Lipinski definition) is 1. The summed E-state index contributed by atoms with van der Waals surface area (Å²) in [4.78, 5) is 2.54. The summed E-state index contributed by atoms with van der Waals surface area (Å²) in [5.74, 6) is 0. The number of benzene rings is 10. The number of hydrogen-bond donors (Lipinski definition) is 0. The SMILES string of the molecule is c1ccc(-c2ccc(N(c3ccc4c(c3)C3(c5ccccc5-c5ccccc53)c3ccccc3-4)c3cccc4c3-c3ccccc3C43c4ccccc4-c4ccccc43)cc2)cc1. The van der Waals surface area contributed by atoms with Crippen LogP contribution in [0.5, 0.6) is 0 Å². The molecular weight excluding hydrogens is 759 g/mol. The minimum Gasteiger partial charge on any atom is -0.310 e.